The lowest BCUT2D eigenvalue weighted by Crippen LogP contribution is -2.14. The van der Waals surface area contributed by atoms with Gasteiger partial charge >= 0.3 is 0 Å². The first-order chi connectivity index (χ1) is 14.9. The van der Waals surface area contributed by atoms with Gasteiger partial charge in [-0.05, 0) is 18.2 Å². The van der Waals surface area contributed by atoms with Crippen LogP contribution in [0.15, 0.2) is 66.7 Å². The molecule has 2 unspecified atom stereocenters. The molecule has 2 atom stereocenters. The highest BCUT2D eigenvalue weighted by Gasteiger charge is 2.21. The third kappa shape index (κ3) is 4.63. The van der Waals surface area contributed by atoms with E-state index in [2.05, 4.69) is 10.6 Å². The minimum Gasteiger partial charge on any atom is -0.508 e. The van der Waals surface area contributed by atoms with Crippen LogP contribution < -0.4 is 10.6 Å². The van der Waals surface area contributed by atoms with Crippen molar-refractivity contribution in [1.29, 1.82) is 10.5 Å². The number of anilines is 2. The summed E-state index contributed by atoms with van der Waals surface area (Å²) in [7, 11) is 0. The molecule has 3 aromatic rings. The van der Waals surface area contributed by atoms with Crippen molar-refractivity contribution in [3.63, 3.8) is 0 Å². The van der Waals surface area contributed by atoms with Crippen LogP contribution in [0.3, 0.4) is 0 Å². The van der Waals surface area contributed by atoms with Crippen LogP contribution in [-0.4, -0.2) is 15.1 Å². The maximum atomic E-state index is 11.3. The maximum Gasteiger partial charge on any atom is 0.271 e. The van der Waals surface area contributed by atoms with Crippen molar-refractivity contribution in [1.82, 2.24) is 0 Å². The number of nitriles is 2. The molecule has 0 aliphatic carbocycles. The first kappa shape index (κ1) is 21.0. The summed E-state index contributed by atoms with van der Waals surface area (Å²) in [5.74, 6) is -0.187. The van der Waals surface area contributed by atoms with E-state index in [1.165, 1.54) is 30.3 Å². The Kier molecular flexibility index (Phi) is 6.19. The van der Waals surface area contributed by atoms with Crippen molar-refractivity contribution in [2.75, 3.05) is 10.6 Å². The Morgan fingerprint density at radius 3 is 1.74 bits per heavy atom. The lowest BCUT2D eigenvalue weighted by atomic mass is 10.0. The van der Waals surface area contributed by atoms with Gasteiger partial charge in [-0.1, -0.05) is 36.4 Å². The Hall–Kier alpha value is -4.76. The molecule has 4 N–H and O–H groups in total. The van der Waals surface area contributed by atoms with Gasteiger partial charge in [0, 0.05) is 23.3 Å². The summed E-state index contributed by atoms with van der Waals surface area (Å²) in [6.45, 7) is 0. The van der Waals surface area contributed by atoms with Gasteiger partial charge in [0.1, 0.15) is 23.6 Å². The van der Waals surface area contributed by atoms with Crippen LogP contribution in [0.5, 0.6) is 11.5 Å². The Morgan fingerprint density at radius 2 is 1.29 bits per heavy atom. The molecule has 0 spiro atoms. The summed E-state index contributed by atoms with van der Waals surface area (Å²) < 4.78 is 0. The van der Waals surface area contributed by atoms with Crippen LogP contribution in [0.25, 0.3) is 0 Å². The van der Waals surface area contributed by atoms with Gasteiger partial charge in [0.05, 0.1) is 28.4 Å². The molecular weight excluding hydrogens is 398 g/mol. The van der Waals surface area contributed by atoms with Crippen LogP contribution in [0.4, 0.5) is 17.1 Å². The number of phenolic OH excluding ortho intramolecular Hbond substituents is 2. The van der Waals surface area contributed by atoms with Crippen LogP contribution in [0, 0.1) is 32.8 Å². The molecular formula is C22H17N5O4. The van der Waals surface area contributed by atoms with E-state index in [1.54, 1.807) is 36.4 Å². The molecule has 0 aliphatic heterocycles. The van der Waals surface area contributed by atoms with Gasteiger partial charge in [-0.25, -0.2) is 0 Å². The summed E-state index contributed by atoms with van der Waals surface area (Å²) in [6, 6.07) is 18.5. The van der Waals surface area contributed by atoms with Crippen LogP contribution in [-0.2, 0) is 0 Å². The Balaban J connectivity index is 2.01. The van der Waals surface area contributed by atoms with Crippen molar-refractivity contribution < 1.29 is 15.1 Å². The first-order valence-corrected chi connectivity index (χ1v) is 9.11. The smallest absolute Gasteiger partial charge is 0.271 e. The van der Waals surface area contributed by atoms with Gasteiger partial charge in [-0.2, -0.15) is 10.5 Å². The average molecular weight is 415 g/mol. The van der Waals surface area contributed by atoms with E-state index in [9.17, 15) is 30.9 Å². The van der Waals surface area contributed by atoms with Crippen LogP contribution in [0.2, 0.25) is 0 Å². The number of rotatable bonds is 7. The molecule has 154 valence electrons. The van der Waals surface area contributed by atoms with Crippen molar-refractivity contribution in [2.24, 2.45) is 0 Å². The van der Waals surface area contributed by atoms with E-state index in [1.807, 2.05) is 12.1 Å². The highest BCUT2D eigenvalue weighted by atomic mass is 16.6. The van der Waals surface area contributed by atoms with Crippen molar-refractivity contribution in [3.05, 3.63) is 88.0 Å². The zero-order valence-corrected chi connectivity index (χ0v) is 16.1. The molecule has 0 aliphatic rings. The normalized spacial score (nSPS) is 12.1. The third-order valence-corrected chi connectivity index (χ3v) is 4.57. The quantitative estimate of drug-likeness (QED) is 0.328. The minimum atomic E-state index is -1.02. The van der Waals surface area contributed by atoms with E-state index in [0.717, 1.165) is 0 Å². The van der Waals surface area contributed by atoms with E-state index < -0.39 is 17.0 Å². The SMILES string of the molecule is N#CC(Nc1ccc([N+](=O)[O-])cc1NC(C#N)c1ccccc1O)c1ccccc1O. The second kappa shape index (κ2) is 9.16. The molecule has 3 aromatic carbocycles. The molecule has 9 nitrogen and oxygen atoms in total. The van der Waals surface area contributed by atoms with E-state index >= 15 is 0 Å². The van der Waals surface area contributed by atoms with E-state index in [0.29, 0.717) is 16.8 Å². The number of para-hydroxylation sites is 2. The van der Waals surface area contributed by atoms with E-state index in [4.69, 9.17) is 0 Å². The molecule has 0 aromatic heterocycles. The molecule has 9 heteroatoms. The number of hydrogen-bond donors (Lipinski definition) is 4. The number of benzene rings is 3. The molecule has 0 fully saturated rings. The molecule has 0 saturated heterocycles. The fourth-order valence-corrected chi connectivity index (χ4v) is 3.02. The third-order valence-electron chi connectivity index (χ3n) is 4.57. The van der Waals surface area contributed by atoms with Gasteiger partial charge in [0.25, 0.3) is 5.69 Å². The number of nitrogens with one attached hydrogen (secondary N) is 2. The Morgan fingerprint density at radius 1 is 0.806 bits per heavy atom. The number of hydrogen-bond acceptors (Lipinski definition) is 8. The van der Waals surface area contributed by atoms with Crippen molar-refractivity contribution in [3.8, 4) is 23.6 Å². The monoisotopic (exact) mass is 415 g/mol. The second-order valence-electron chi connectivity index (χ2n) is 6.52. The van der Waals surface area contributed by atoms with Gasteiger partial charge in [-0.15, -0.1) is 0 Å². The van der Waals surface area contributed by atoms with Crippen molar-refractivity contribution in [2.45, 2.75) is 12.1 Å². The average Bonchev–Trinajstić information content (AvgIpc) is 2.77. The number of aromatic hydroxyl groups is 2. The summed E-state index contributed by atoms with van der Waals surface area (Å²) in [6.07, 6.45) is 0. The highest BCUT2D eigenvalue weighted by Crippen LogP contribution is 2.35. The van der Waals surface area contributed by atoms with Crippen LogP contribution >= 0.6 is 0 Å². The number of nitro benzene ring substituents is 1. The Bertz CT molecular complexity index is 1200. The van der Waals surface area contributed by atoms with Crippen molar-refractivity contribution >= 4 is 17.1 Å². The zero-order valence-electron chi connectivity index (χ0n) is 16.1. The summed E-state index contributed by atoms with van der Waals surface area (Å²) in [5.41, 5.74) is 0.876. The van der Waals surface area contributed by atoms with Crippen LogP contribution in [0.1, 0.15) is 23.2 Å². The minimum absolute atomic E-state index is 0.0814. The lowest BCUT2D eigenvalue weighted by molar-refractivity contribution is -0.384. The number of nitrogens with zero attached hydrogens (tertiary/aromatic N) is 3. The Labute approximate surface area is 177 Å². The predicted octanol–water partition coefficient (Wildman–Crippen LogP) is 4.36. The van der Waals surface area contributed by atoms with Gasteiger partial charge in [0.15, 0.2) is 0 Å². The van der Waals surface area contributed by atoms with E-state index in [-0.39, 0.29) is 22.9 Å². The summed E-state index contributed by atoms with van der Waals surface area (Å²) >= 11 is 0. The molecule has 0 saturated carbocycles. The van der Waals surface area contributed by atoms with Gasteiger partial charge in [-0.3, -0.25) is 10.1 Å². The maximum absolute atomic E-state index is 11.3. The second-order valence-corrected chi connectivity index (χ2v) is 6.52. The topological polar surface area (TPSA) is 155 Å². The number of non-ortho nitro benzene ring substituents is 1. The lowest BCUT2D eigenvalue weighted by Gasteiger charge is -2.20. The number of phenols is 2. The zero-order chi connectivity index (χ0) is 22.4. The first-order valence-electron chi connectivity index (χ1n) is 9.11. The summed E-state index contributed by atoms with van der Waals surface area (Å²) in [4.78, 5) is 10.7. The molecule has 3 rings (SSSR count). The standard InChI is InChI=1S/C22H17N5O4/c23-12-19(15-5-1-3-7-21(15)28)25-17-10-9-14(27(30)31)11-18(17)26-20(13-24)16-6-2-4-8-22(16)29/h1-11,19-20,25-26,28-29H. The molecule has 0 heterocycles. The predicted molar refractivity (Wildman–Crippen MR) is 113 cm³/mol. The van der Waals surface area contributed by atoms with Gasteiger partial charge < -0.3 is 20.8 Å². The molecule has 0 radical (unpaired) electrons. The molecule has 0 bridgehead atoms. The summed E-state index contributed by atoms with van der Waals surface area (Å²) in [5, 5.41) is 56.4. The highest BCUT2D eigenvalue weighted by molar-refractivity contribution is 5.74. The number of nitro groups is 1. The largest absolute Gasteiger partial charge is 0.508 e. The molecule has 31 heavy (non-hydrogen) atoms. The fraction of sp³-hybridized carbons (Fsp3) is 0.0909. The fourth-order valence-electron chi connectivity index (χ4n) is 3.02. The molecule has 0 amide bonds. The van der Waals surface area contributed by atoms with Gasteiger partial charge in [0.2, 0.25) is 0 Å².